The van der Waals surface area contributed by atoms with Crippen molar-refractivity contribution in [2.24, 2.45) is 0 Å². The molecule has 0 aliphatic heterocycles. The van der Waals surface area contributed by atoms with E-state index in [0.717, 1.165) is 21.8 Å². The van der Waals surface area contributed by atoms with Crippen molar-refractivity contribution in [3.8, 4) is 5.75 Å². The number of methoxy groups -OCH3 is 1. The lowest BCUT2D eigenvalue weighted by Gasteiger charge is -2.03. The first-order chi connectivity index (χ1) is 9.79. The highest BCUT2D eigenvalue weighted by Crippen LogP contribution is 2.32. The summed E-state index contributed by atoms with van der Waals surface area (Å²) in [5.74, 6) is 0.556. The van der Waals surface area contributed by atoms with Crippen LogP contribution >= 0.6 is 0 Å². The summed E-state index contributed by atoms with van der Waals surface area (Å²) in [6.45, 7) is 0. The molecular formula is C16H11NO3. The van der Waals surface area contributed by atoms with Gasteiger partial charge in [0.25, 0.3) is 0 Å². The van der Waals surface area contributed by atoms with Gasteiger partial charge in [0.15, 0.2) is 11.3 Å². The van der Waals surface area contributed by atoms with E-state index < -0.39 is 0 Å². The maximum absolute atomic E-state index is 12.3. The van der Waals surface area contributed by atoms with E-state index in [1.54, 1.807) is 13.2 Å². The average Bonchev–Trinajstić information content (AvgIpc) is 2.87. The number of ether oxygens (including phenoxy) is 1. The van der Waals surface area contributed by atoms with Gasteiger partial charge in [0.05, 0.1) is 18.0 Å². The monoisotopic (exact) mass is 265 g/mol. The summed E-state index contributed by atoms with van der Waals surface area (Å²) in [5, 5.41) is 2.30. The smallest absolute Gasteiger partial charge is 0.346 e. The van der Waals surface area contributed by atoms with Crippen molar-refractivity contribution in [3.05, 3.63) is 52.9 Å². The zero-order valence-corrected chi connectivity index (χ0v) is 10.8. The molecule has 4 heteroatoms. The van der Waals surface area contributed by atoms with E-state index in [-0.39, 0.29) is 5.63 Å². The Morgan fingerprint density at radius 1 is 1.05 bits per heavy atom. The van der Waals surface area contributed by atoms with Crippen molar-refractivity contribution in [3.63, 3.8) is 0 Å². The lowest BCUT2D eigenvalue weighted by Crippen LogP contribution is -1.99. The summed E-state index contributed by atoms with van der Waals surface area (Å²) >= 11 is 0. The van der Waals surface area contributed by atoms with E-state index in [2.05, 4.69) is 4.98 Å². The topological polar surface area (TPSA) is 55.2 Å². The maximum Gasteiger partial charge on any atom is 0.346 e. The van der Waals surface area contributed by atoms with Crippen LogP contribution in [0, 0.1) is 0 Å². The molecule has 0 saturated carbocycles. The van der Waals surface area contributed by atoms with Gasteiger partial charge in [0, 0.05) is 16.3 Å². The van der Waals surface area contributed by atoms with Gasteiger partial charge in [-0.2, -0.15) is 0 Å². The normalized spacial score (nSPS) is 11.4. The number of aromatic nitrogens is 1. The molecule has 0 unspecified atom stereocenters. The quantitative estimate of drug-likeness (QED) is 0.536. The minimum Gasteiger partial charge on any atom is -0.493 e. The van der Waals surface area contributed by atoms with Gasteiger partial charge in [-0.05, 0) is 18.2 Å². The van der Waals surface area contributed by atoms with Gasteiger partial charge in [-0.15, -0.1) is 0 Å². The summed E-state index contributed by atoms with van der Waals surface area (Å²) in [6, 6.07) is 13.3. The standard InChI is InChI=1S/C16H11NO3/c1-19-12-8-4-6-10-14-13(16(18)20-15(10)12)9-5-2-3-7-11(9)17-14/h2-8,17H,1H3. The van der Waals surface area contributed by atoms with Crippen molar-refractivity contribution in [1.82, 2.24) is 4.98 Å². The molecule has 0 bridgehead atoms. The first kappa shape index (κ1) is 11.1. The molecule has 98 valence electrons. The zero-order chi connectivity index (χ0) is 13.7. The lowest BCUT2D eigenvalue weighted by molar-refractivity contribution is 0.407. The third-order valence-electron chi connectivity index (χ3n) is 3.57. The Hall–Kier alpha value is -2.75. The molecule has 4 nitrogen and oxygen atoms in total. The van der Waals surface area contributed by atoms with Crippen LogP contribution in [0.4, 0.5) is 0 Å². The van der Waals surface area contributed by atoms with Crippen molar-refractivity contribution in [1.29, 1.82) is 0 Å². The molecule has 0 atom stereocenters. The number of aromatic amines is 1. The fourth-order valence-corrected chi connectivity index (χ4v) is 2.68. The number of hydrogen-bond acceptors (Lipinski definition) is 3. The molecule has 0 amide bonds. The Bertz CT molecular complexity index is 1010. The van der Waals surface area contributed by atoms with E-state index in [0.29, 0.717) is 16.7 Å². The third kappa shape index (κ3) is 1.33. The molecule has 0 fully saturated rings. The second kappa shape index (κ2) is 3.87. The number of benzene rings is 2. The Labute approximate surface area is 113 Å². The van der Waals surface area contributed by atoms with Crippen LogP contribution in [0.3, 0.4) is 0 Å². The second-order valence-corrected chi connectivity index (χ2v) is 4.65. The van der Waals surface area contributed by atoms with Gasteiger partial charge >= 0.3 is 5.63 Å². The minimum absolute atomic E-state index is 0.352. The molecule has 1 N–H and O–H groups in total. The summed E-state index contributed by atoms with van der Waals surface area (Å²) in [6.07, 6.45) is 0. The number of rotatable bonds is 1. The highest BCUT2D eigenvalue weighted by atomic mass is 16.5. The van der Waals surface area contributed by atoms with Crippen molar-refractivity contribution >= 4 is 32.8 Å². The Morgan fingerprint density at radius 3 is 2.70 bits per heavy atom. The average molecular weight is 265 g/mol. The first-order valence-corrected chi connectivity index (χ1v) is 6.30. The largest absolute Gasteiger partial charge is 0.493 e. The molecule has 0 saturated heterocycles. The van der Waals surface area contributed by atoms with Crippen LogP contribution in [-0.2, 0) is 0 Å². The van der Waals surface area contributed by atoms with Gasteiger partial charge in [0.2, 0.25) is 0 Å². The highest BCUT2D eigenvalue weighted by Gasteiger charge is 2.15. The molecule has 4 rings (SSSR count). The van der Waals surface area contributed by atoms with E-state index >= 15 is 0 Å². The zero-order valence-electron chi connectivity index (χ0n) is 10.8. The van der Waals surface area contributed by atoms with Gasteiger partial charge < -0.3 is 14.1 Å². The second-order valence-electron chi connectivity index (χ2n) is 4.65. The number of H-pyrrole nitrogens is 1. The van der Waals surface area contributed by atoms with Crippen LogP contribution in [0.1, 0.15) is 0 Å². The van der Waals surface area contributed by atoms with Crippen LogP contribution < -0.4 is 10.4 Å². The van der Waals surface area contributed by atoms with Crippen LogP contribution in [0.15, 0.2) is 51.7 Å². The van der Waals surface area contributed by atoms with E-state index in [1.165, 1.54) is 0 Å². The van der Waals surface area contributed by atoms with Crippen LogP contribution in [-0.4, -0.2) is 12.1 Å². The molecule has 0 aliphatic rings. The molecular weight excluding hydrogens is 254 g/mol. The summed E-state index contributed by atoms with van der Waals surface area (Å²) < 4.78 is 10.7. The van der Waals surface area contributed by atoms with E-state index in [1.807, 2.05) is 36.4 Å². The number of fused-ring (bicyclic) bond motifs is 5. The molecule has 2 aromatic carbocycles. The summed E-state index contributed by atoms with van der Waals surface area (Å²) in [5.41, 5.74) is 1.83. The Morgan fingerprint density at radius 2 is 1.85 bits per heavy atom. The summed E-state index contributed by atoms with van der Waals surface area (Å²) in [7, 11) is 1.56. The molecule has 0 spiro atoms. The van der Waals surface area contributed by atoms with Crippen LogP contribution in [0.2, 0.25) is 0 Å². The molecule has 0 aliphatic carbocycles. The van der Waals surface area contributed by atoms with Crippen LogP contribution in [0.25, 0.3) is 32.8 Å². The minimum atomic E-state index is -0.352. The highest BCUT2D eigenvalue weighted by molar-refractivity contribution is 6.15. The summed E-state index contributed by atoms with van der Waals surface area (Å²) in [4.78, 5) is 15.6. The fourth-order valence-electron chi connectivity index (χ4n) is 2.68. The van der Waals surface area contributed by atoms with Crippen molar-refractivity contribution < 1.29 is 9.15 Å². The first-order valence-electron chi connectivity index (χ1n) is 6.30. The number of hydrogen-bond donors (Lipinski definition) is 1. The number of para-hydroxylation sites is 2. The SMILES string of the molecule is COc1cccc2c1oc(=O)c1c3ccccc3[nH]c21. The third-order valence-corrected chi connectivity index (χ3v) is 3.57. The van der Waals surface area contributed by atoms with E-state index in [9.17, 15) is 4.79 Å². The van der Waals surface area contributed by atoms with Crippen molar-refractivity contribution in [2.45, 2.75) is 0 Å². The maximum atomic E-state index is 12.3. The predicted octanol–water partition coefficient (Wildman–Crippen LogP) is 3.44. The Kier molecular flexibility index (Phi) is 2.15. The molecule has 0 radical (unpaired) electrons. The van der Waals surface area contributed by atoms with Crippen molar-refractivity contribution in [2.75, 3.05) is 7.11 Å². The Balaban J connectivity index is 2.34. The molecule has 2 aromatic heterocycles. The van der Waals surface area contributed by atoms with Gasteiger partial charge in [-0.1, -0.05) is 24.3 Å². The number of nitrogens with one attached hydrogen (secondary N) is 1. The molecule has 4 aromatic rings. The fraction of sp³-hybridized carbons (Fsp3) is 0.0625. The van der Waals surface area contributed by atoms with Gasteiger partial charge in [-0.25, -0.2) is 4.79 Å². The molecule has 20 heavy (non-hydrogen) atoms. The lowest BCUT2D eigenvalue weighted by atomic mass is 10.1. The van der Waals surface area contributed by atoms with Gasteiger partial charge in [-0.3, -0.25) is 0 Å². The predicted molar refractivity (Wildman–Crippen MR) is 78.4 cm³/mol. The molecule has 2 heterocycles. The van der Waals surface area contributed by atoms with Crippen LogP contribution in [0.5, 0.6) is 5.75 Å². The van der Waals surface area contributed by atoms with Gasteiger partial charge in [0.1, 0.15) is 0 Å². The van der Waals surface area contributed by atoms with E-state index in [4.69, 9.17) is 9.15 Å².